The van der Waals surface area contributed by atoms with Gasteiger partial charge in [0.2, 0.25) is 10.4 Å². The van der Waals surface area contributed by atoms with E-state index in [-0.39, 0.29) is 31.8 Å². The molecule has 0 aromatic rings. The summed E-state index contributed by atoms with van der Waals surface area (Å²) in [6.45, 7) is 0. The van der Waals surface area contributed by atoms with Crippen molar-refractivity contribution in [3.05, 3.63) is 0 Å². The second-order valence-corrected chi connectivity index (χ2v) is 2.75. The molecule has 0 aliphatic heterocycles. The van der Waals surface area contributed by atoms with E-state index < -0.39 is 18.2 Å². The van der Waals surface area contributed by atoms with Crippen LogP contribution in [0.3, 0.4) is 0 Å². The normalized spacial score (nSPS) is 9.00. The second-order valence-electron chi connectivity index (χ2n) is 0.918. The van der Waals surface area contributed by atoms with Crippen molar-refractivity contribution in [1.29, 1.82) is 0 Å². The van der Waals surface area contributed by atoms with Crippen molar-refractivity contribution < 1.29 is 56.2 Å². The molecule has 0 bridgehead atoms. The summed E-state index contributed by atoms with van der Waals surface area (Å²) in [5.74, 6) is 0. The van der Waals surface area contributed by atoms with Gasteiger partial charge in [0.05, 0.1) is 0 Å². The van der Waals surface area contributed by atoms with E-state index in [1.54, 1.807) is 0 Å². The van der Waals surface area contributed by atoms with Crippen molar-refractivity contribution in [3.8, 4) is 0 Å². The Kier molecular flexibility index (Phi) is 23.8. The molecule has 10 nitrogen and oxygen atoms in total. The van der Waals surface area contributed by atoms with Crippen LogP contribution in [0.25, 0.3) is 0 Å². The van der Waals surface area contributed by atoms with Crippen LogP contribution in [0.5, 0.6) is 0 Å². The van der Waals surface area contributed by atoms with E-state index in [1.165, 1.54) is 0 Å². The van der Waals surface area contributed by atoms with E-state index in [9.17, 15) is 0 Å². The molecule has 80 valence electrons. The summed E-state index contributed by atoms with van der Waals surface area (Å²) < 4.78 is 41.6. The Balaban J connectivity index is -0.0000000267. The van der Waals surface area contributed by atoms with E-state index in [0.29, 0.717) is 0 Å². The molecule has 0 rings (SSSR count). The maximum Gasteiger partial charge on any atom is 2.00 e. The van der Waals surface area contributed by atoms with Gasteiger partial charge in [0.25, 0.3) is 7.82 Å². The van der Waals surface area contributed by atoms with Crippen LogP contribution in [0, 0.1) is 0 Å². The molecule has 0 aromatic heterocycles. The first kappa shape index (κ1) is 29.2. The molecule has 0 saturated carbocycles. The van der Waals surface area contributed by atoms with Gasteiger partial charge in [0.15, 0.2) is 0 Å². The minimum absolute atomic E-state index is 0. The first-order valence-corrected chi connectivity index (χ1v) is 4.34. The van der Waals surface area contributed by atoms with Gasteiger partial charge in [-0.1, -0.05) is 0 Å². The summed E-state index contributed by atoms with van der Waals surface area (Å²) in [5.41, 5.74) is 0. The van der Waals surface area contributed by atoms with Gasteiger partial charge in [0.1, 0.15) is 0 Å². The van der Waals surface area contributed by atoms with Crippen molar-refractivity contribution >= 4 is 18.2 Å². The second kappa shape index (κ2) is 10.6. The molecule has 0 aliphatic carbocycles. The molecule has 0 saturated heterocycles. The molecule has 13 heavy (non-hydrogen) atoms. The van der Waals surface area contributed by atoms with Gasteiger partial charge in [-0.2, -0.15) is 0 Å². The molecule has 0 radical (unpaired) electrons. The number of hydrogen-bond acceptors (Lipinski definition) is 7. The summed E-state index contributed by atoms with van der Waals surface area (Å²) in [7, 11) is -9.81. The Morgan fingerprint density at radius 2 is 1.15 bits per heavy atom. The van der Waals surface area contributed by atoms with Crippen molar-refractivity contribution in [2.24, 2.45) is 0 Å². The molecule has 0 amide bonds. The van der Waals surface area contributed by atoms with Crippen LogP contribution in [0.1, 0.15) is 0 Å². The van der Waals surface area contributed by atoms with Crippen LogP contribution in [-0.4, -0.2) is 27.3 Å². The van der Waals surface area contributed by atoms with Gasteiger partial charge in [-0.3, -0.25) is 9.12 Å². The minimum atomic E-state index is -4.92. The Bertz CT molecular complexity index is 200. The van der Waals surface area contributed by atoms with E-state index >= 15 is 0 Å². The van der Waals surface area contributed by atoms with Crippen LogP contribution >= 0.6 is 7.82 Å². The van der Waals surface area contributed by atoms with Gasteiger partial charge in [-0.15, -0.1) is 0 Å². The number of rotatable bonds is 0. The maximum atomic E-state index is 8.77. The Labute approximate surface area is 87.1 Å². The average molecular weight is 294 g/mol. The molecule has 0 spiro atoms. The summed E-state index contributed by atoms with van der Waals surface area (Å²) in [5, 5.41) is 0. The van der Waals surface area contributed by atoms with Gasteiger partial charge in [-0.05, 0) is 0 Å². The van der Waals surface area contributed by atoms with Gasteiger partial charge in [0, 0.05) is 0 Å². The average Bonchev–Trinajstić information content (AvgIpc) is 1.12. The van der Waals surface area contributed by atoms with Gasteiger partial charge in [-0.25, -0.2) is 8.42 Å². The summed E-state index contributed by atoms with van der Waals surface area (Å²) >= 11 is 0. The van der Waals surface area contributed by atoms with E-state index in [2.05, 4.69) is 0 Å². The van der Waals surface area contributed by atoms with Crippen LogP contribution in [0.2, 0.25) is 0 Å². The molecule has 0 aromatic carbocycles. The fourth-order valence-electron chi connectivity index (χ4n) is 0. The van der Waals surface area contributed by atoms with Crippen molar-refractivity contribution in [2.75, 3.05) is 0 Å². The third-order valence-electron chi connectivity index (χ3n) is 0. The summed E-state index contributed by atoms with van der Waals surface area (Å²) in [6.07, 6.45) is 0. The SMILES string of the molecule is N.N.O=P([O-])(O)O.O=S(=O)([O-])O.[Zn+2]. The van der Waals surface area contributed by atoms with Crippen molar-refractivity contribution in [3.63, 3.8) is 0 Å². The molecule has 0 aliphatic rings. The molecule has 13 heteroatoms. The zero-order valence-corrected chi connectivity index (χ0v) is 11.0. The molecule has 0 unspecified atom stereocenters. The van der Waals surface area contributed by atoms with Gasteiger partial charge < -0.3 is 31.5 Å². The zero-order chi connectivity index (χ0) is 9.00. The maximum absolute atomic E-state index is 8.77. The van der Waals surface area contributed by atoms with Crippen molar-refractivity contribution in [2.45, 2.75) is 0 Å². The largest absolute Gasteiger partial charge is 2.00 e. The predicted octanol–water partition coefficient (Wildman–Crippen LogP) is -2.23. The summed E-state index contributed by atoms with van der Waals surface area (Å²) in [4.78, 5) is 22.9. The third kappa shape index (κ3) is 5060. The topological polar surface area (TPSA) is 228 Å². The monoisotopic (exact) mass is 292 g/mol. The first-order chi connectivity index (χ1) is 4.00. The molecule has 0 atom stereocenters. The Hall–Kier alpha value is 0.523. The molecular weight excluding hydrogens is 284 g/mol. The standard InChI is InChI=1S/2H3N.H3O4P.H2O4S.Zn/c;;2*1-5(2,3)4;/h2*1H3;(H3,1,2,3,4);(H2,1,2,3,4);/q;;;;+2/p-2. The van der Waals surface area contributed by atoms with Crippen LogP contribution in [-0.2, 0) is 34.4 Å². The fraction of sp³-hybridized carbons (Fsp3) is 0. The van der Waals surface area contributed by atoms with E-state index in [0.717, 1.165) is 0 Å². The third-order valence-corrected chi connectivity index (χ3v) is 0. The van der Waals surface area contributed by atoms with E-state index in [1.807, 2.05) is 0 Å². The first-order valence-electron chi connectivity index (χ1n) is 1.45. The minimum Gasteiger partial charge on any atom is -0.756 e. The smallest absolute Gasteiger partial charge is 0.756 e. The molecular formula is H9N2O8PSZn. The summed E-state index contributed by atoms with van der Waals surface area (Å²) in [6, 6.07) is 0. The van der Waals surface area contributed by atoms with Crippen molar-refractivity contribution in [1.82, 2.24) is 12.3 Å². The Morgan fingerprint density at radius 1 is 1.15 bits per heavy atom. The Morgan fingerprint density at radius 3 is 1.15 bits per heavy atom. The van der Waals surface area contributed by atoms with E-state index in [4.69, 9.17) is 36.8 Å². The molecule has 0 heterocycles. The predicted molar refractivity (Wildman–Crippen MR) is 34.4 cm³/mol. The quantitative estimate of drug-likeness (QED) is 0.139. The number of hydrogen-bond donors (Lipinski definition) is 5. The van der Waals surface area contributed by atoms with Crippen LogP contribution in [0.4, 0.5) is 0 Å². The van der Waals surface area contributed by atoms with Gasteiger partial charge >= 0.3 is 19.5 Å². The number of phosphoric acid groups is 1. The zero-order valence-electron chi connectivity index (χ0n) is 6.36. The fourth-order valence-corrected chi connectivity index (χ4v) is 0. The molecule has 0 fully saturated rings. The molecule has 9 N–H and O–H groups in total. The van der Waals surface area contributed by atoms with Crippen LogP contribution in [0.15, 0.2) is 0 Å². The van der Waals surface area contributed by atoms with Crippen LogP contribution < -0.4 is 17.2 Å².